The van der Waals surface area contributed by atoms with Gasteiger partial charge in [0.05, 0.1) is 10.7 Å². The Balaban J connectivity index is 0.000000555. The summed E-state index contributed by atoms with van der Waals surface area (Å²) in [5, 5.41) is 1.46. The Morgan fingerprint density at radius 1 is 0.771 bits per heavy atom. The van der Waals surface area contributed by atoms with Gasteiger partial charge in [-0.3, -0.25) is 19.9 Å². The van der Waals surface area contributed by atoms with E-state index in [2.05, 4.69) is 23.8 Å². The van der Waals surface area contributed by atoms with Crippen LogP contribution in [-0.4, -0.2) is 38.6 Å². The monoisotopic (exact) mass is 544 g/mol. The lowest BCUT2D eigenvalue weighted by atomic mass is 10.3. The first-order valence-corrected chi connectivity index (χ1v) is 13.9. The molecular weight excluding hydrogens is 508 g/mol. The normalized spacial score (nSPS) is 13.5. The summed E-state index contributed by atoms with van der Waals surface area (Å²) in [6.45, 7) is 4.22. The maximum absolute atomic E-state index is 8.52. The van der Waals surface area contributed by atoms with Gasteiger partial charge >= 0.3 is 10.3 Å². The molecule has 13 heteroatoms. The second kappa shape index (κ2) is 19.1. The SMILES string of the molecule is CCCC(N)SC(N)=[NH+]c1ccccc1.CCCC(N)SC(N)=[NH+]c1ccccc1.O=S(=O)([O-])[O-]. The molecule has 0 saturated heterocycles. The number of hydrogen-bond donors (Lipinski definition) is 6. The first kappa shape index (κ1) is 32.9. The van der Waals surface area contributed by atoms with E-state index in [0.717, 1.165) is 37.1 Å². The van der Waals surface area contributed by atoms with E-state index in [9.17, 15) is 0 Å². The van der Waals surface area contributed by atoms with Gasteiger partial charge in [0.25, 0.3) is 0 Å². The molecular formula is C22H36N6O4S3. The van der Waals surface area contributed by atoms with Gasteiger partial charge in [0.1, 0.15) is 11.4 Å². The molecule has 0 aromatic heterocycles. The number of amidine groups is 2. The number of para-hydroxylation sites is 2. The molecule has 0 aliphatic heterocycles. The molecule has 2 unspecified atom stereocenters. The molecule has 10 nitrogen and oxygen atoms in total. The molecule has 2 aromatic carbocycles. The number of hydrogen-bond acceptors (Lipinski definition) is 8. The molecule has 2 atom stereocenters. The minimum atomic E-state index is -5.17. The molecule has 0 aliphatic rings. The zero-order valence-electron chi connectivity index (χ0n) is 19.9. The van der Waals surface area contributed by atoms with Crippen LogP contribution in [0, 0.1) is 0 Å². The molecule has 0 amide bonds. The van der Waals surface area contributed by atoms with E-state index in [4.69, 9.17) is 40.5 Å². The van der Waals surface area contributed by atoms with Gasteiger partial charge in [-0.05, 0) is 60.6 Å². The minimum absolute atomic E-state index is 0.0752. The topological polar surface area (TPSA) is 212 Å². The molecule has 196 valence electrons. The van der Waals surface area contributed by atoms with Gasteiger partial charge in [0.2, 0.25) is 0 Å². The average molecular weight is 545 g/mol. The lowest BCUT2D eigenvalue weighted by Crippen LogP contribution is -2.68. The van der Waals surface area contributed by atoms with Gasteiger partial charge in [0.15, 0.2) is 0 Å². The van der Waals surface area contributed by atoms with E-state index in [0.29, 0.717) is 10.3 Å². The molecule has 35 heavy (non-hydrogen) atoms. The third kappa shape index (κ3) is 22.1. The maximum Gasteiger partial charge on any atom is 0.308 e. The third-order valence-corrected chi connectivity index (χ3v) is 5.57. The molecule has 0 saturated carbocycles. The van der Waals surface area contributed by atoms with Crippen LogP contribution >= 0.6 is 23.5 Å². The maximum atomic E-state index is 8.52. The summed E-state index contributed by atoms with van der Waals surface area (Å²) in [4.78, 5) is 6.22. The summed E-state index contributed by atoms with van der Waals surface area (Å²) >= 11 is 2.96. The molecule has 2 aromatic rings. The van der Waals surface area contributed by atoms with E-state index >= 15 is 0 Å². The summed E-state index contributed by atoms with van der Waals surface area (Å²) < 4.78 is 34.1. The van der Waals surface area contributed by atoms with Crippen LogP contribution < -0.4 is 32.9 Å². The van der Waals surface area contributed by atoms with E-state index in [1.165, 1.54) is 23.5 Å². The quantitative estimate of drug-likeness (QED) is 0.0841. The Morgan fingerprint density at radius 2 is 1.06 bits per heavy atom. The third-order valence-electron chi connectivity index (χ3n) is 3.79. The van der Waals surface area contributed by atoms with Crippen LogP contribution in [0.1, 0.15) is 39.5 Å². The van der Waals surface area contributed by atoms with Crippen molar-refractivity contribution >= 4 is 55.6 Å². The molecule has 0 aliphatic carbocycles. The van der Waals surface area contributed by atoms with Crippen molar-refractivity contribution in [2.75, 3.05) is 0 Å². The summed E-state index contributed by atoms with van der Waals surface area (Å²) in [5.41, 5.74) is 25.4. The smallest absolute Gasteiger partial charge is 0.308 e. The minimum Gasteiger partial charge on any atom is -0.759 e. The largest absolute Gasteiger partial charge is 0.759 e. The van der Waals surface area contributed by atoms with Crippen molar-refractivity contribution in [2.24, 2.45) is 22.9 Å². The Hall–Kier alpha value is -2.13. The van der Waals surface area contributed by atoms with E-state index in [1.54, 1.807) is 0 Å². The van der Waals surface area contributed by atoms with Gasteiger partial charge < -0.3 is 20.6 Å². The Morgan fingerprint density at radius 3 is 1.31 bits per heavy atom. The van der Waals surface area contributed by atoms with E-state index in [-0.39, 0.29) is 10.7 Å². The van der Waals surface area contributed by atoms with Gasteiger partial charge in [-0.25, -0.2) is 9.98 Å². The lowest BCUT2D eigenvalue weighted by molar-refractivity contribution is -0.351. The molecule has 0 heterocycles. The summed E-state index contributed by atoms with van der Waals surface area (Å²) in [6.07, 6.45) is 4.10. The predicted molar refractivity (Wildman–Crippen MR) is 144 cm³/mol. The van der Waals surface area contributed by atoms with Crippen molar-refractivity contribution in [1.82, 2.24) is 0 Å². The number of nitrogens with two attached hydrogens (primary N) is 4. The summed E-state index contributed by atoms with van der Waals surface area (Å²) in [5.74, 6) is 0. The average Bonchev–Trinajstić information content (AvgIpc) is 2.74. The molecule has 0 fully saturated rings. The molecule has 10 N–H and O–H groups in total. The Bertz CT molecular complexity index is 904. The number of nitrogens with one attached hydrogen (secondary N) is 2. The fourth-order valence-electron chi connectivity index (χ4n) is 2.40. The molecule has 0 radical (unpaired) electrons. The number of thioether (sulfide) groups is 2. The highest BCUT2D eigenvalue weighted by atomic mass is 32.3. The second-order valence-electron chi connectivity index (χ2n) is 7.01. The Kier molecular flexibility index (Phi) is 17.9. The van der Waals surface area contributed by atoms with Crippen molar-refractivity contribution < 1.29 is 27.5 Å². The zero-order valence-corrected chi connectivity index (χ0v) is 22.4. The first-order valence-electron chi connectivity index (χ1n) is 10.8. The van der Waals surface area contributed by atoms with E-state index < -0.39 is 10.4 Å². The van der Waals surface area contributed by atoms with Crippen molar-refractivity contribution in [3.05, 3.63) is 60.7 Å². The fourth-order valence-corrected chi connectivity index (χ4v) is 4.11. The number of benzene rings is 2. The first-order chi connectivity index (χ1) is 16.4. The lowest BCUT2D eigenvalue weighted by Gasteiger charge is -2.06. The van der Waals surface area contributed by atoms with Crippen molar-refractivity contribution in [3.8, 4) is 0 Å². The second-order valence-corrected chi connectivity index (χ2v) is 10.4. The molecule has 0 bridgehead atoms. The van der Waals surface area contributed by atoms with Crippen LogP contribution in [0.15, 0.2) is 60.7 Å². The van der Waals surface area contributed by atoms with Crippen LogP contribution in [-0.2, 0) is 10.4 Å². The van der Waals surface area contributed by atoms with Crippen LogP contribution in [0.5, 0.6) is 0 Å². The zero-order chi connectivity index (χ0) is 26.7. The summed E-state index contributed by atoms with van der Waals surface area (Å²) in [6, 6.07) is 19.7. The van der Waals surface area contributed by atoms with Crippen molar-refractivity contribution in [2.45, 2.75) is 50.3 Å². The highest BCUT2D eigenvalue weighted by Crippen LogP contribution is 2.09. The van der Waals surface area contributed by atoms with Gasteiger partial charge in [0, 0.05) is 10.4 Å². The predicted octanol–water partition coefficient (Wildman–Crippen LogP) is -0.275. The van der Waals surface area contributed by atoms with Crippen LogP contribution in [0.4, 0.5) is 11.4 Å². The standard InChI is InChI=1S/2C11H17N3S.H2O4S/c2*1-2-6-10(12)15-11(13)14-9-7-4-3-5-8-9;1-5(2,3)4/h2*3-5,7-8,10H,2,6,12H2,1H3,(H2,13,14);(H2,1,2,3,4). The van der Waals surface area contributed by atoms with Crippen molar-refractivity contribution in [1.29, 1.82) is 0 Å². The highest BCUT2D eigenvalue weighted by molar-refractivity contribution is 8.14. The van der Waals surface area contributed by atoms with Crippen LogP contribution in [0.25, 0.3) is 0 Å². The molecule has 2 rings (SSSR count). The van der Waals surface area contributed by atoms with E-state index in [1.807, 2.05) is 60.7 Å². The summed E-state index contributed by atoms with van der Waals surface area (Å²) in [7, 11) is -5.17. The van der Waals surface area contributed by atoms with Crippen molar-refractivity contribution in [3.63, 3.8) is 0 Å². The highest BCUT2D eigenvalue weighted by Gasteiger charge is 2.09. The van der Waals surface area contributed by atoms with Gasteiger partial charge in [-0.1, -0.05) is 63.1 Å². The number of rotatable bonds is 8. The molecule has 0 spiro atoms. The van der Waals surface area contributed by atoms with Crippen LogP contribution in [0.2, 0.25) is 0 Å². The Labute approximate surface area is 216 Å². The van der Waals surface area contributed by atoms with Crippen LogP contribution in [0.3, 0.4) is 0 Å². The van der Waals surface area contributed by atoms with Gasteiger partial charge in [-0.2, -0.15) is 0 Å². The fraction of sp³-hybridized carbons (Fsp3) is 0.364. The van der Waals surface area contributed by atoms with Gasteiger partial charge in [-0.15, -0.1) is 0 Å².